The van der Waals surface area contributed by atoms with Gasteiger partial charge >= 0.3 is 0 Å². The third-order valence-electron chi connectivity index (χ3n) is 9.06. The number of hydrogen-bond acceptors (Lipinski definition) is 7. The van der Waals surface area contributed by atoms with Crippen LogP contribution in [0.2, 0.25) is 0 Å². The molecule has 4 aliphatic rings. The quantitative estimate of drug-likeness (QED) is 0.247. The molecular weight excluding hydrogens is 532 g/mol. The highest BCUT2D eigenvalue weighted by molar-refractivity contribution is 6.23. The number of fused-ring (bicyclic) bond motifs is 1. The molecule has 3 fully saturated rings. The van der Waals surface area contributed by atoms with Crippen LogP contribution in [-0.2, 0) is 9.59 Å². The van der Waals surface area contributed by atoms with Crippen LogP contribution in [-0.4, -0.2) is 56.3 Å². The molecule has 3 N–H and O–H groups in total. The van der Waals surface area contributed by atoms with Crippen LogP contribution in [0.3, 0.4) is 0 Å². The van der Waals surface area contributed by atoms with Crippen molar-refractivity contribution in [2.45, 2.75) is 75.3 Å². The number of nitrogens with two attached hydrogens (primary N) is 1. The maximum atomic E-state index is 13.1. The molecule has 0 bridgehead atoms. The summed E-state index contributed by atoms with van der Waals surface area (Å²) in [5.41, 5.74) is 11.3. The van der Waals surface area contributed by atoms with Crippen molar-refractivity contribution in [1.29, 1.82) is 0 Å². The van der Waals surface area contributed by atoms with Crippen LogP contribution in [0.15, 0.2) is 42.6 Å². The van der Waals surface area contributed by atoms with E-state index < -0.39 is 23.8 Å². The van der Waals surface area contributed by atoms with E-state index in [1.807, 2.05) is 0 Å². The van der Waals surface area contributed by atoms with Gasteiger partial charge in [-0.25, -0.2) is 0 Å². The molecule has 10 nitrogen and oxygen atoms in total. The highest BCUT2D eigenvalue weighted by Crippen LogP contribution is 2.46. The molecule has 1 aliphatic heterocycles. The van der Waals surface area contributed by atoms with Gasteiger partial charge in [0.05, 0.1) is 28.6 Å². The number of aldehydes is 1. The first-order valence-corrected chi connectivity index (χ1v) is 15.0. The van der Waals surface area contributed by atoms with Gasteiger partial charge in [0.15, 0.2) is 0 Å². The number of pyridine rings is 1. The number of imide groups is 1. The SMILES string of the molecule is NC(=O)C(CCC=O)N1C(=O)c2ccc(NCC3CC(n4cc(-c5cccc(C6CC6)n5)c(C5CC5)n4)C3)cc2C1=O. The number of hydrogen-bond donors (Lipinski definition) is 2. The van der Waals surface area contributed by atoms with Gasteiger partial charge < -0.3 is 15.8 Å². The fourth-order valence-corrected chi connectivity index (χ4v) is 6.28. The fraction of sp³-hybridized carbons (Fsp3) is 0.438. The lowest BCUT2D eigenvalue weighted by atomic mass is 9.80. The number of benzene rings is 1. The molecule has 216 valence electrons. The van der Waals surface area contributed by atoms with E-state index in [1.54, 1.807) is 18.2 Å². The third-order valence-corrected chi connectivity index (χ3v) is 9.06. The number of aromatic nitrogens is 3. The van der Waals surface area contributed by atoms with Gasteiger partial charge in [0.1, 0.15) is 12.3 Å². The van der Waals surface area contributed by atoms with E-state index in [2.05, 4.69) is 34.4 Å². The van der Waals surface area contributed by atoms with Crippen LogP contribution in [0.25, 0.3) is 11.3 Å². The zero-order valence-electron chi connectivity index (χ0n) is 23.4. The normalized spacial score (nSPS) is 22.0. The van der Waals surface area contributed by atoms with E-state index in [0.29, 0.717) is 30.1 Å². The Morgan fingerprint density at radius 2 is 1.79 bits per heavy atom. The van der Waals surface area contributed by atoms with Gasteiger partial charge in [-0.05, 0) is 81.2 Å². The van der Waals surface area contributed by atoms with Gasteiger partial charge in [0.25, 0.3) is 11.8 Å². The lowest BCUT2D eigenvalue weighted by Gasteiger charge is -2.35. The van der Waals surface area contributed by atoms with Gasteiger partial charge in [0.2, 0.25) is 5.91 Å². The standard InChI is InChI=1S/C32H34N6O4/c33-30(40)28(5-2-12-39)38-31(41)23-11-10-21(15-24(23)32(38)42)34-16-18-13-22(14-18)37-17-25(29(36-37)20-8-9-20)27-4-1-3-26(35-27)19-6-7-19/h1,3-4,10-12,15,17-20,22,28,34H,2,5-9,13-14,16H2,(H2,33,40). The van der Waals surface area contributed by atoms with Crippen molar-refractivity contribution < 1.29 is 19.2 Å². The number of carbonyl (C=O) groups is 4. The summed E-state index contributed by atoms with van der Waals surface area (Å²) < 4.78 is 2.15. The first-order valence-electron chi connectivity index (χ1n) is 15.0. The number of nitrogens with one attached hydrogen (secondary N) is 1. The van der Waals surface area contributed by atoms with Crippen LogP contribution in [0, 0.1) is 5.92 Å². The second-order valence-electron chi connectivity index (χ2n) is 12.2. The summed E-state index contributed by atoms with van der Waals surface area (Å²) in [7, 11) is 0. The van der Waals surface area contributed by atoms with E-state index in [-0.39, 0.29) is 24.0 Å². The molecule has 0 spiro atoms. The summed E-state index contributed by atoms with van der Waals surface area (Å²) >= 11 is 0. The van der Waals surface area contributed by atoms with Gasteiger partial charge in [-0.2, -0.15) is 5.10 Å². The first-order chi connectivity index (χ1) is 20.4. The molecule has 1 unspecified atom stereocenters. The Kier molecular flexibility index (Phi) is 6.63. The molecule has 2 aromatic heterocycles. The maximum Gasteiger partial charge on any atom is 0.262 e. The van der Waals surface area contributed by atoms with E-state index in [1.165, 1.54) is 42.6 Å². The topological polar surface area (TPSA) is 140 Å². The minimum Gasteiger partial charge on any atom is -0.385 e. The number of primary amides is 1. The van der Waals surface area contributed by atoms with Gasteiger partial charge in [0, 0.05) is 47.9 Å². The summed E-state index contributed by atoms with van der Waals surface area (Å²) in [5, 5.41) is 8.47. The molecule has 0 saturated heterocycles. The number of nitrogens with zero attached hydrogens (tertiary/aromatic N) is 4. The van der Waals surface area contributed by atoms with Crippen molar-refractivity contribution >= 4 is 29.7 Å². The Hall–Kier alpha value is -4.34. The average molecular weight is 567 g/mol. The Morgan fingerprint density at radius 1 is 1.02 bits per heavy atom. The molecule has 0 radical (unpaired) electrons. The van der Waals surface area contributed by atoms with Crippen LogP contribution < -0.4 is 11.1 Å². The zero-order valence-corrected chi connectivity index (χ0v) is 23.4. The van der Waals surface area contributed by atoms with Gasteiger partial charge in [-0.3, -0.25) is 28.9 Å². The Morgan fingerprint density at radius 3 is 2.50 bits per heavy atom. The first kappa shape index (κ1) is 26.6. The van der Waals surface area contributed by atoms with Crippen LogP contribution in [0.1, 0.15) is 101 Å². The highest BCUT2D eigenvalue weighted by Gasteiger charge is 2.42. The van der Waals surface area contributed by atoms with Gasteiger partial charge in [-0.1, -0.05) is 6.07 Å². The van der Waals surface area contributed by atoms with Crippen LogP contribution >= 0.6 is 0 Å². The molecule has 1 atom stereocenters. The molecule has 3 heterocycles. The fourth-order valence-electron chi connectivity index (χ4n) is 6.28. The average Bonchev–Trinajstić information content (AvgIpc) is 3.91. The summed E-state index contributed by atoms with van der Waals surface area (Å²) in [5.74, 6) is -0.313. The molecule has 10 heteroatoms. The van der Waals surface area contributed by atoms with E-state index in [9.17, 15) is 19.2 Å². The van der Waals surface area contributed by atoms with Crippen molar-refractivity contribution in [1.82, 2.24) is 19.7 Å². The maximum absolute atomic E-state index is 13.1. The predicted octanol–water partition coefficient (Wildman–Crippen LogP) is 4.19. The van der Waals surface area contributed by atoms with Crippen molar-refractivity contribution in [3.8, 4) is 11.3 Å². The third kappa shape index (κ3) is 4.88. The summed E-state index contributed by atoms with van der Waals surface area (Å²) in [6.45, 7) is 0.735. The van der Waals surface area contributed by atoms with Crippen LogP contribution in [0.4, 0.5) is 5.69 Å². The molecule has 1 aromatic carbocycles. The minimum absolute atomic E-state index is 0.0154. The van der Waals surface area contributed by atoms with E-state index in [0.717, 1.165) is 35.7 Å². The Labute approximate surface area is 243 Å². The second-order valence-corrected chi connectivity index (χ2v) is 12.2. The number of anilines is 1. The number of rotatable bonds is 12. The molecule has 3 amide bonds. The molecule has 3 saturated carbocycles. The van der Waals surface area contributed by atoms with E-state index >= 15 is 0 Å². The molecular formula is C32H34N6O4. The molecule has 3 aromatic rings. The Balaban J connectivity index is 0.990. The van der Waals surface area contributed by atoms with Crippen molar-refractivity contribution in [2.75, 3.05) is 11.9 Å². The lowest BCUT2D eigenvalue weighted by molar-refractivity contribution is -0.122. The largest absolute Gasteiger partial charge is 0.385 e. The van der Waals surface area contributed by atoms with Crippen molar-refractivity contribution in [2.24, 2.45) is 11.7 Å². The molecule has 3 aliphatic carbocycles. The van der Waals surface area contributed by atoms with Crippen LogP contribution in [0.5, 0.6) is 0 Å². The van der Waals surface area contributed by atoms with Crippen molar-refractivity contribution in [3.63, 3.8) is 0 Å². The summed E-state index contributed by atoms with van der Waals surface area (Å²) in [4.78, 5) is 54.6. The van der Waals surface area contributed by atoms with Gasteiger partial charge in [-0.15, -0.1) is 0 Å². The smallest absolute Gasteiger partial charge is 0.262 e. The minimum atomic E-state index is -1.15. The highest BCUT2D eigenvalue weighted by atomic mass is 16.2. The predicted molar refractivity (Wildman–Crippen MR) is 155 cm³/mol. The second kappa shape index (κ2) is 10.5. The van der Waals surface area contributed by atoms with Crippen molar-refractivity contribution in [3.05, 3.63) is 65.1 Å². The Bertz CT molecular complexity index is 1580. The summed E-state index contributed by atoms with van der Waals surface area (Å²) in [6.07, 6.45) is 9.74. The lowest BCUT2D eigenvalue weighted by Crippen LogP contribution is -2.47. The monoisotopic (exact) mass is 566 g/mol. The van der Waals surface area contributed by atoms with E-state index in [4.69, 9.17) is 15.8 Å². The summed E-state index contributed by atoms with van der Waals surface area (Å²) in [6, 6.07) is 10.6. The molecule has 42 heavy (non-hydrogen) atoms. The number of carbonyl (C=O) groups excluding carboxylic acids is 4. The number of amides is 3. The molecule has 7 rings (SSSR count). The zero-order chi connectivity index (χ0) is 29.0.